The average Bonchev–Trinajstić information content (AvgIpc) is 2.28. The fraction of sp³-hybridized carbons (Fsp3) is 0.0909. The number of benzene rings is 1. The molecule has 0 atom stereocenters. The second-order valence-electron chi connectivity index (χ2n) is 3.20. The number of nitrogens with zero attached hydrogens (tertiary/aromatic N) is 2. The molecule has 0 aliphatic carbocycles. The molecule has 2 N–H and O–H groups in total. The quantitative estimate of drug-likeness (QED) is 0.937. The van der Waals surface area contributed by atoms with E-state index < -0.39 is 0 Å². The van der Waals surface area contributed by atoms with Crippen molar-refractivity contribution >= 4 is 21.7 Å². The van der Waals surface area contributed by atoms with Gasteiger partial charge in [0.2, 0.25) is 5.88 Å². The highest BCUT2D eigenvalue weighted by Crippen LogP contribution is 2.13. The van der Waals surface area contributed by atoms with Crippen molar-refractivity contribution in [2.45, 2.75) is 6.61 Å². The monoisotopic (exact) mass is 279 g/mol. The number of halogens is 1. The van der Waals surface area contributed by atoms with Crippen LogP contribution in [0.3, 0.4) is 0 Å². The Morgan fingerprint density at radius 3 is 2.81 bits per heavy atom. The van der Waals surface area contributed by atoms with Crippen molar-refractivity contribution < 1.29 is 4.74 Å². The second-order valence-corrected chi connectivity index (χ2v) is 4.11. The van der Waals surface area contributed by atoms with Gasteiger partial charge in [-0.3, -0.25) is 0 Å². The third-order valence-electron chi connectivity index (χ3n) is 1.92. The van der Waals surface area contributed by atoms with Gasteiger partial charge >= 0.3 is 0 Å². The van der Waals surface area contributed by atoms with E-state index in [-0.39, 0.29) is 0 Å². The van der Waals surface area contributed by atoms with Crippen LogP contribution in [0.15, 0.2) is 41.1 Å². The molecule has 0 unspecified atom stereocenters. The number of rotatable bonds is 3. The Balaban J connectivity index is 1.99. The molecule has 0 bridgehead atoms. The maximum absolute atomic E-state index is 5.45. The summed E-state index contributed by atoms with van der Waals surface area (Å²) in [5.74, 6) is 0.851. The first-order chi connectivity index (χ1) is 7.74. The number of hydrogen-bond acceptors (Lipinski definition) is 4. The summed E-state index contributed by atoms with van der Waals surface area (Å²) in [6.07, 6.45) is 2.98. The van der Waals surface area contributed by atoms with Gasteiger partial charge in [-0.05, 0) is 17.7 Å². The van der Waals surface area contributed by atoms with Crippen molar-refractivity contribution in [3.05, 3.63) is 46.7 Å². The van der Waals surface area contributed by atoms with Gasteiger partial charge in [0.1, 0.15) is 12.4 Å². The summed E-state index contributed by atoms with van der Waals surface area (Å²) >= 11 is 3.40. The Bertz CT molecular complexity index is 473. The summed E-state index contributed by atoms with van der Waals surface area (Å²) in [7, 11) is 0. The van der Waals surface area contributed by atoms with E-state index >= 15 is 0 Å². The minimum atomic E-state index is 0.384. The van der Waals surface area contributed by atoms with Gasteiger partial charge in [0.15, 0.2) is 0 Å². The molecule has 16 heavy (non-hydrogen) atoms. The van der Waals surface area contributed by atoms with E-state index in [1.165, 1.54) is 12.4 Å². The van der Waals surface area contributed by atoms with Crippen LogP contribution < -0.4 is 10.5 Å². The van der Waals surface area contributed by atoms with Crippen molar-refractivity contribution in [1.29, 1.82) is 0 Å². The molecule has 0 amide bonds. The molecule has 2 aromatic rings. The van der Waals surface area contributed by atoms with Crippen LogP contribution in [0.5, 0.6) is 5.88 Å². The first-order valence-corrected chi connectivity index (χ1v) is 5.48. The molecule has 1 aromatic carbocycles. The van der Waals surface area contributed by atoms with Crippen LogP contribution in [0.4, 0.5) is 5.82 Å². The Hall–Kier alpha value is -1.62. The van der Waals surface area contributed by atoms with Gasteiger partial charge in [0.25, 0.3) is 0 Å². The third-order valence-corrected chi connectivity index (χ3v) is 2.42. The first kappa shape index (κ1) is 10.9. The SMILES string of the molecule is Nc1cnc(OCc2cccc(Br)c2)cn1. The van der Waals surface area contributed by atoms with Crippen molar-refractivity contribution in [3.63, 3.8) is 0 Å². The molecule has 0 spiro atoms. The molecule has 0 fully saturated rings. The van der Waals surface area contributed by atoms with Gasteiger partial charge in [-0.2, -0.15) is 0 Å². The standard InChI is InChI=1S/C11H10BrN3O/c12-9-3-1-2-8(4-9)7-16-11-6-14-10(13)5-15-11/h1-6H,7H2,(H2,13,14). The highest BCUT2D eigenvalue weighted by Gasteiger charge is 1.98. The van der Waals surface area contributed by atoms with Crippen LogP contribution in [-0.2, 0) is 6.61 Å². The molecule has 0 saturated heterocycles. The lowest BCUT2D eigenvalue weighted by Gasteiger charge is -2.05. The topological polar surface area (TPSA) is 61.0 Å². The van der Waals surface area contributed by atoms with E-state index in [0.29, 0.717) is 18.3 Å². The lowest BCUT2D eigenvalue weighted by atomic mass is 10.2. The summed E-state index contributed by atoms with van der Waals surface area (Å²) in [5.41, 5.74) is 6.48. The van der Waals surface area contributed by atoms with Crippen molar-refractivity contribution in [2.24, 2.45) is 0 Å². The highest BCUT2D eigenvalue weighted by molar-refractivity contribution is 9.10. The molecule has 82 valence electrons. The average molecular weight is 280 g/mol. The van der Waals surface area contributed by atoms with Gasteiger partial charge in [0.05, 0.1) is 12.4 Å². The van der Waals surface area contributed by atoms with Gasteiger partial charge in [0, 0.05) is 4.47 Å². The molecule has 0 aliphatic heterocycles. The normalized spacial score (nSPS) is 10.1. The number of ether oxygens (including phenoxy) is 1. The number of nitrogens with two attached hydrogens (primary N) is 1. The van der Waals surface area contributed by atoms with E-state index in [9.17, 15) is 0 Å². The first-order valence-electron chi connectivity index (χ1n) is 4.69. The summed E-state index contributed by atoms with van der Waals surface area (Å²) in [5, 5.41) is 0. The van der Waals surface area contributed by atoms with Gasteiger partial charge in [-0.15, -0.1) is 0 Å². The summed E-state index contributed by atoms with van der Waals surface area (Å²) in [6.45, 7) is 0.456. The molecule has 1 heterocycles. The Labute approximate surface area is 102 Å². The smallest absolute Gasteiger partial charge is 0.232 e. The molecule has 0 saturated carbocycles. The molecule has 4 nitrogen and oxygen atoms in total. The number of aromatic nitrogens is 2. The maximum atomic E-state index is 5.45. The van der Waals surface area contributed by atoms with Gasteiger partial charge in [-0.25, -0.2) is 9.97 Å². The van der Waals surface area contributed by atoms with E-state index in [4.69, 9.17) is 10.5 Å². The number of hydrogen-bond donors (Lipinski definition) is 1. The molecule has 0 aliphatic rings. The van der Waals surface area contributed by atoms with E-state index in [0.717, 1.165) is 10.0 Å². The summed E-state index contributed by atoms with van der Waals surface area (Å²) < 4.78 is 6.48. The molecular formula is C11H10BrN3O. The molecular weight excluding hydrogens is 270 g/mol. The maximum Gasteiger partial charge on any atom is 0.232 e. The van der Waals surface area contributed by atoms with Crippen molar-refractivity contribution in [1.82, 2.24) is 9.97 Å². The minimum absolute atomic E-state index is 0.384. The summed E-state index contributed by atoms with van der Waals surface area (Å²) in [4.78, 5) is 7.88. The Kier molecular flexibility index (Phi) is 3.36. The van der Waals surface area contributed by atoms with Crippen LogP contribution in [-0.4, -0.2) is 9.97 Å². The van der Waals surface area contributed by atoms with E-state index in [1.807, 2.05) is 24.3 Å². The molecule has 0 radical (unpaired) electrons. The zero-order valence-electron chi connectivity index (χ0n) is 8.43. The van der Waals surface area contributed by atoms with Crippen molar-refractivity contribution in [2.75, 3.05) is 5.73 Å². The summed E-state index contributed by atoms with van der Waals surface area (Å²) in [6, 6.07) is 7.89. The van der Waals surface area contributed by atoms with Crippen LogP contribution in [0.1, 0.15) is 5.56 Å². The zero-order valence-corrected chi connectivity index (χ0v) is 10.0. The predicted molar refractivity (Wildman–Crippen MR) is 64.9 cm³/mol. The number of nitrogen functional groups attached to an aromatic ring is 1. The van der Waals surface area contributed by atoms with Crippen LogP contribution in [0.25, 0.3) is 0 Å². The zero-order chi connectivity index (χ0) is 11.4. The Morgan fingerprint density at radius 1 is 1.25 bits per heavy atom. The van der Waals surface area contributed by atoms with Crippen LogP contribution in [0, 0.1) is 0 Å². The Morgan fingerprint density at radius 2 is 2.12 bits per heavy atom. The lowest BCUT2D eigenvalue weighted by Crippen LogP contribution is -1.99. The number of anilines is 1. The van der Waals surface area contributed by atoms with Gasteiger partial charge < -0.3 is 10.5 Å². The minimum Gasteiger partial charge on any atom is -0.472 e. The van der Waals surface area contributed by atoms with Gasteiger partial charge in [-0.1, -0.05) is 28.1 Å². The van der Waals surface area contributed by atoms with Crippen molar-refractivity contribution in [3.8, 4) is 5.88 Å². The van der Waals surface area contributed by atoms with E-state index in [2.05, 4.69) is 25.9 Å². The van der Waals surface area contributed by atoms with Crippen LogP contribution in [0.2, 0.25) is 0 Å². The predicted octanol–water partition coefficient (Wildman–Crippen LogP) is 2.40. The second kappa shape index (κ2) is 4.94. The lowest BCUT2D eigenvalue weighted by molar-refractivity contribution is 0.292. The van der Waals surface area contributed by atoms with Crippen LogP contribution >= 0.6 is 15.9 Å². The highest BCUT2D eigenvalue weighted by atomic mass is 79.9. The third kappa shape index (κ3) is 2.93. The fourth-order valence-corrected chi connectivity index (χ4v) is 1.63. The molecule has 1 aromatic heterocycles. The fourth-order valence-electron chi connectivity index (χ4n) is 1.18. The largest absolute Gasteiger partial charge is 0.472 e. The van der Waals surface area contributed by atoms with E-state index in [1.54, 1.807) is 0 Å². The molecule has 5 heteroatoms. The molecule has 2 rings (SSSR count).